The zero-order chi connectivity index (χ0) is 16.0. The molecule has 0 bridgehead atoms. The third-order valence-corrected chi connectivity index (χ3v) is 2.55. The molecule has 0 aliphatic heterocycles. The number of amides is 1. The van der Waals surface area contributed by atoms with E-state index in [1.807, 2.05) is 52.8 Å². The van der Waals surface area contributed by atoms with Crippen LogP contribution in [0.4, 0.5) is 0 Å². The van der Waals surface area contributed by atoms with Gasteiger partial charge in [0.25, 0.3) is 5.91 Å². The quantitative estimate of drug-likeness (QED) is 0.845. The van der Waals surface area contributed by atoms with Crippen molar-refractivity contribution in [3.05, 3.63) is 29.3 Å². The van der Waals surface area contributed by atoms with Gasteiger partial charge < -0.3 is 14.8 Å². The molecule has 5 nitrogen and oxygen atoms in total. The van der Waals surface area contributed by atoms with E-state index in [1.165, 1.54) is 0 Å². The second kappa shape index (κ2) is 7.11. The molecule has 0 aliphatic rings. The van der Waals surface area contributed by atoms with E-state index in [1.54, 1.807) is 0 Å². The van der Waals surface area contributed by atoms with Crippen LogP contribution in [0.25, 0.3) is 0 Å². The van der Waals surface area contributed by atoms with Crippen LogP contribution in [0.2, 0.25) is 0 Å². The predicted molar refractivity (Wildman–Crippen MR) is 80.3 cm³/mol. The number of rotatable bonds is 5. The Balaban J connectivity index is 2.36. The third kappa shape index (κ3) is 6.79. The minimum absolute atomic E-state index is 0.216. The van der Waals surface area contributed by atoms with Crippen LogP contribution in [-0.2, 0) is 14.3 Å². The second-order valence-corrected chi connectivity index (χ2v) is 6.02. The van der Waals surface area contributed by atoms with Crippen LogP contribution < -0.4 is 10.1 Å². The van der Waals surface area contributed by atoms with Crippen LogP contribution in [-0.4, -0.2) is 30.6 Å². The van der Waals surface area contributed by atoms with E-state index in [2.05, 4.69) is 5.32 Å². The van der Waals surface area contributed by atoms with Crippen LogP contribution in [0.3, 0.4) is 0 Å². The number of benzene rings is 1. The maximum Gasteiger partial charge on any atom is 0.344 e. The molecule has 5 heteroatoms. The number of carbonyl (C=O) groups is 2. The van der Waals surface area contributed by atoms with Gasteiger partial charge in [0.1, 0.15) is 5.75 Å². The third-order valence-electron chi connectivity index (χ3n) is 2.55. The molecule has 0 atom stereocenters. The van der Waals surface area contributed by atoms with E-state index in [0.29, 0.717) is 5.75 Å². The summed E-state index contributed by atoms with van der Waals surface area (Å²) in [6, 6.07) is 5.69. The molecule has 0 heterocycles. The molecule has 116 valence electrons. The predicted octanol–water partition coefficient (Wildman–Crippen LogP) is 2.14. The molecule has 1 rings (SSSR count). The van der Waals surface area contributed by atoms with E-state index in [4.69, 9.17) is 9.47 Å². The molecular formula is C16H23NO4. The highest BCUT2D eigenvalue weighted by atomic mass is 16.6. The highest BCUT2D eigenvalue weighted by Crippen LogP contribution is 2.18. The van der Waals surface area contributed by atoms with Gasteiger partial charge in [-0.25, -0.2) is 4.79 Å². The van der Waals surface area contributed by atoms with Crippen LogP contribution >= 0.6 is 0 Å². The van der Waals surface area contributed by atoms with Gasteiger partial charge in [-0.2, -0.15) is 0 Å². The summed E-state index contributed by atoms with van der Waals surface area (Å²) in [7, 11) is 0. The molecule has 21 heavy (non-hydrogen) atoms. The van der Waals surface area contributed by atoms with Gasteiger partial charge in [-0.15, -0.1) is 0 Å². The zero-order valence-corrected chi connectivity index (χ0v) is 13.3. The normalized spacial score (nSPS) is 10.9. The van der Waals surface area contributed by atoms with Gasteiger partial charge in [-0.05, 0) is 46.2 Å². The Labute approximate surface area is 125 Å². The van der Waals surface area contributed by atoms with E-state index in [0.717, 1.165) is 11.1 Å². The Bertz CT molecular complexity index is 517. The molecule has 0 radical (unpaired) electrons. The number of hydrogen-bond donors (Lipinski definition) is 1. The smallest absolute Gasteiger partial charge is 0.344 e. The Kier molecular flexibility index (Phi) is 5.76. The monoisotopic (exact) mass is 293 g/mol. The first-order valence-electron chi connectivity index (χ1n) is 6.84. The van der Waals surface area contributed by atoms with Gasteiger partial charge in [0.15, 0.2) is 13.2 Å². The molecule has 0 spiro atoms. The van der Waals surface area contributed by atoms with Crippen molar-refractivity contribution in [1.29, 1.82) is 0 Å². The number of hydrogen-bond acceptors (Lipinski definition) is 4. The van der Waals surface area contributed by atoms with E-state index >= 15 is 0 Å². The van der Waals surface area contributed by atoms with Crippen molar-refractivity contribution in [1.82, 2.24) is 5.32 Å². The fourth-order valence-corrected chi connectivity index (χ4v) is 1.74. The van der Waals surface area contributed by atoms with Gasteiger partial charge in [-0.1, -0.05) is 17.7 Å². The van der Waals surface area contributed by atoms with Crippen molar-refractivity contribution in [3.8, 4) is 5.75 Å². The lowest BCUT2D eigenvalue weighted by atomic mass is 10.1. The molecule has 0 saturated carbocycles. The lowest BCUT2D eigenvalue weighted by Gasteiger charge is -2.20. The Morgan fingerprint density at radius 1 is 1.14 bits per heavy atom. The summed E-state index contributed by atoms with van der Waals surface area (Å²) in [5.74, 6) is -0.266. The van der Waals surface area contributed by atoms with Crippen molar-refractivity contribution in [2.75, 3.05) is 13.2 Å². The van der Waals surface area contributed by atoms with Crippen molar-refractivity contribution >= 4 is 11.9 Å². The molecule has 0 aliphatic carbocycles. The lowest BCUT2D eigenvalue weighted by Crippen LogP contribution is -2.43. The number of aryl methyl sites for hydroxylation is 2. The number of ether oxygens (including phenoxy) is 2. The molecule has 0 fully saturated rings. The Hall–Kier alpha value is -2.04. The van der Waals surface area contributed by atoms with Gasteiger partial charge >= 0.3 is 5.97 Å². The summed E-state index contributed by atoms with van der Waals surface area (Å²) in [6.45, 7) is 8.95. The first-order chi connectivity index (χ1) is 9.67. The van der Waals surface area contributed by atoms with Crippen LogP contribution in [0.15, 0.2) is 18.2 Å². The first-order valence-corrected chi connectivity index (χ1v) is 6.84. The van der Waals surface area contributed by atoms with Crippen LogP contribution in [0, 0.1) is 13.8 Å². The lowest BCUT2D eigenvalue weighted by molar-refractivity contribution is -0.150. The van der Waals surface area contributed by atoms with Gasteiger partial charge in [0.2, 0.25) is 0 Å². The number of carbonyl (C=O) groups excluding carboxylic acids is 2. The maximum absolute atomic E-state index is 11.5. The van der Waals surface area contributed by atoms with E-state index < -0.39 is 5.97 Å². The van der Waals surface area contributed by atoms with Crippen molar-refractivity contribution in [3.63, 3.8) is 0 Å². The number of esters is 1. The topological polar surface area (TPSA) is 64.6 Å². The highest BCUT2D eigenvalue weighted by molar-refractivity contribution is 5.81. The fraction of sp³-hybridized carbons (Fsp3) is 0.500. The SMILES string of the molecule is Cc1ccc(OCC(=O)OCC(=O)NC(C)(C)C)c(C)c1. The summed E-state index contributed by atoms with van der Waals surface area (Å²) < 4.78 is 10.2. The van der Waals surface area contributed by atoms with Crippen LogP contribution in [0.5, 0.6) is 5.75 Å². The van der Waals surface area contributed by atoms with E-state index in [-0.39, 0.29) is 24.7 Å². The molecule has 0 saturated heterocycles. The minimum atomic E-state index is -0.570. The average molecular weight is 293 g/mol. The standard InChI is InChI=1S/C16H23NO4/c1-11-6-7-13(12(2)8-11)20-10-15(19)21-9-14(18)17-16(3,4)5/h6-8H,9-10H2,1-5H3,(H,17,18). The Morgan fingerprint density at radius 3 is 2.38 bits per heavy atom. The molecule has 0 unspecified atom stereocenters. The molecule has 0 aromatic heterocycles. The largest absolute Gasteiger partial charge is 0.482 e. The maximum atomic E-state index is 11.5. The Morgan fingerprint density at radius 2 is 1.81 bits per heavy atom. The fourth-order valence-electron chi connectivity index (χ4n) is 1.74. The number of nitrogens with one attached hydrogen (secondary N) is 1. The first kappa shape index (κ1) is 17.0. The zero-order valence-electron chi connectivity index (χ0n) is 13.3. The second-order valence-electron chi connectivity index (χ2n) is 6.02. The molecule has 1 aromatic rings. The summed E-state index contributed by atoms with van der Waals surface area (Å²) in [5.41, 5.74) is 1.73. The van der Waals surface area contributed by atoms with Crippen LogP contribution in [0.1, 0.15) is 31.9 Å². The van der Waals surface area contributed by atoms with Gasteiger partial charge in [0, 0.05) is 5.54 Å². The minimum Gasteiger partial charge on any atom is -0.482 e. The summed E-state index contributed by atoms with van der Waals surface area (Å²) in [4.78, 5) is 23.0. The van der Waals surface area contributed by atoms with Crippen molar-refractivity contribution < 1.29 is 19.1 Å². The highest BCUT2D eigenvalue weighted by Gasteiger charge is 2.15. The molecule has 1 amide bonds. The summed E-state index contributed by atoms with van der Waals surface area (Å²) in [5, 5.41) is 2.71. The molecule has 1 aromatic carbocycles. The molecular weight excluding hydrogens is 270 g/mol. The summed E-state index contributed by atoms with van der Waals surface area (Å²) >= 11 is 0. The van der Waals surface area contributed by atoms with Gasteiger partial charge in [-0.3, -0.25) is 4.79 Å². The van der Waals surface area contributed by atoms with E-state index in [9.17, 15) is 9.59 Å². The average Bonchev–Trinajstić information content (AvgIpc) is 2.33. The van der Waals surface area contributed by atoms with Crippen molar-refractivity contribution in [2.24, 2.45) is 0 Å². The molecule has 1 N–H and O–H groups in total. The summed E-state index contributed by atoms with van der Waals surface area (Å²) in [6.07, 6.45) is 0. The van der Waals surface area contributed by atoms with Gasteiger partial charge in [0.05, 0.1) is 0 Å². The van der Waals surface area contributed by atoms with Crippen molar-refractivity contribution in [2.45, 2.75) is 40.2 Å².